The number of para-hydroxylation sites is 2. The average Bonchev–Trinajstić information content (AvgIpc) is 2.74. The molecule has 0 radical (unpaired) electrons. The third-order valence-electron chi connectivity index (χ3n) is 4.24. The molecule has 27 heavy (non-hydrogen) atoms. The van der Waals surface area contributed by atoms with Gasteiger partial charge in [-0.3, -0.25) is 14.4 Å². The van der Waals surface area contributed by atoms with Gasteiger partial charge < -0.3 is 15.2 Å². The van der Waals surface area contributed by atoms with Gasteiger partial charge in [0.15, 0.2) is 5.16 Å². The van der Waals surface area contributed by atoms with E-state index in [2.05, 4.69) is 15.3 Å². The molecular formula is C19H22N4O3S. The largest absolute Gasteiger partial charge is 0.324 e. The molecule has 3 rings (SSSR count). The SMILES string of the molecule is CCCc1cc(=O)[nH]c(SCC(=O)N2c3ccccc3NC(=O)C[C@@H]2C)n1. The number of thioether (sulfide) groups is 1. The fourth-order valence-corrected chi connectivity index (χ4v) is 3.86. The van der Waals surface area contributed by atoms with E-state index >= 15 is 0 Å². The second-order valence-corrected chi connectivity index (χ2v) is 7.43. The van der Waals surface area contributed by atoms with Crippen molar-refractivity contribution in [3.05, 3.63) is 46.4 Å². The van der Waals surface area contributed by atoms with Crippen molar-refractivity contribution in [3.8, 4) is 0 Å². The van der Waals surface area contributed by atoms with E-state index in [-0.39, 0.29) is 35.6 Å². The first-order valence-electron chi connectivity index (χ1n) is 8.92. The first-order valence-corrected chi connectivity index (χ1v) is 9.90. The van der Waals surface area contributed by atoms with E-state index in [9.17, 15) is 14.4 Å². The number of benzene rings is 1. The van der Waals surface area contributed by atoms with Gasteiger partial charge in [0.25, 0.3) is 5.56 Å². The molecule has 1 atom stereocenters. The molecule has 0 saturated carbocycles. The van der Waals surface area contributed by atoms with E-state index in [0.29, 0.717) is 16.5 Å². The van der Waals surface area contributed by atoms with Crippen LogP contribution in [0.3, 0.4) is 0 Å². The molecule has 1 aliphatic heterocycles. The Morgan fingerprint density at radius 1 is 1.33 bits per heavy atom. The van der Waals surface area contributed by atoms with Gasteiger partial charge in [0.2, 0.25) is 11.8 Å². The highest BCUT2D eigenvalue weighted by molar-refractivity contribution is 7.99. The number of aromatic nitrogens is 2. The molecule has 0 bridgehead atoms. The van der Waals surface area contributed by atoms with E-state index in [1.54, 1.807) is 11.0 Å². The lowest BCUT2D eigenvalue weighted by molar-refractivity contribution is -0.117. The summed E-state index contributed by atoms with van der Waals surface area (Å²) in [5, 5.41) is 3.28. The summed E-state index contributed by atoms with van der Waals surface area (Å²) in [6.45, 7) is 3.87. The molecule has 1 aromatic heterocycles. The Morgan fingerprint density at radius 3 is 2.89 bits per heavy atom. The zero-order chi connectivity index (χ0) is 19.4. The summed E-state index contributed by atoms with van der Waals surface area (Å²) in [6, 6.07) is 8.48. The van der Waals surface area contributed by atoms with Gasteiger partial charge in [-0.05, 0) is 25.5 Å². The van der Waals surface area contributed by atoms with Crippen molar-refractivity contribution in [2.75, 3.05) is 16.0 Å². The van der Waals surface area contributed by atoms with Crippen molar-refractivity contribution in [3.63, 3.8) is 0 Å². The maximum absolute atomic E-state index is 12.9. The number of aromatic amines is 1. The van der Waals surface area contributed by atoms with Gasteiger partial charge in [0, 0.05) is 24.2 Å². The van der Waals surface area contributed by atoms with Crippen molar-refractivity contribution in [2.24, 2.45) is 0 Å². The number of carbonyl (C=O) groups is 2. The van der Waals surface area contributed by atoms with E-state index < -0.39 is 0 Å². The second-order valence-electron chi connectivity index (χ2n) is 6.46. The Kier molecular flexibility index (Phi) is 5.95. The van der Waals surface area contributed by atoms with Crippen LogP contribution in [0.2, 0.25) is 0 Å². The molecule has 2 amide bonds. The van der Waals surface area contributed by atoms with Gasteiger partial charge in [-0.2, -0.15) is 0 Å². The molecule has 1 aromatic carbocycles. The zero-order valence-electron chi connectivity index (χ0n) is 15.3. The first kappa shape index (κ1) is 19.2. The molecule has 7 nitrogen and oxygen atoms in total. The quantitative estimate of drug-likeness (QED) is 0.608. The second kappa shape index (κ2) is 8.39. The number of nitrogens with one attached hydrogen (secondary N) is 2. The number of amides is 2. The lowest BCUT2D eigenvalue weighted by Gasteiger charge is -2.27. The number of carbonyl (C=O) groups excluding carboxylic acids is 2. The highest BCUT2D eigenvalue weighted by Crippen LogP contribution is 2.32. The van der Waals surface area contributed by atoms with Crippen LogP contribution in [-0.2, 0) is 16.0 Å². The Labute approximate surface area is 161 Å². The third-order valence-corrected chi connectivity index (χ3v) is 5.10. The summed E-state index contributed by atoms with van der Waals surface area (Å²) in [4.78, 5) is 45.5. The van der Waals surface area contributed by atoms with Crippen LogP contribution in [0.1, 0.15) is 32.4 Å². The number of hydrogen-bond donors (Lipinski definition) is 2. The van der Waals surface area contributed by atoms with Gasteiger partial charge >= 0.3 is 0 Å². The predicted molar refractivity (Wildman–Crippen MR) is 106 cm³/mol. The molecule has 0 saturated heterocycles. The number of hydrogen-bond acceptors (Lipinski definition) is 5. The lowest BCUT2D eigenvalue weighted by atomic mass is 10.2. The first-order chi connectivity index (χ1) is 13.0. The van der Waals surface area contributed by atoms with Crippen LogP contribution in [0.25, 0.3) is 0 Å². The standard InChI is InChI=1S/C19H22N4O3S/c1-3-6-13-10-17(25)22-19(20-13)27-11-18(26)23-12(2)9-16(24)21-14-7-4-5-8-15(14)23/h4-5,7-8,10,12H,3,6,9,11H2,1-2H3,(H,21,24)(H,20,22,25)/t12-/m0/s1. The number of fused-ring (bicyclic) bond motifs is 1. The molecule has 0 aliphatic carbocycles. The number of anilines is 2. The topological polar surface area (TPSA) is 95.2 Å². The van der Waals surface area contributed by atoms with Crippen molar-refractivity contribution >= 4 is 35.0 Å². The van der Waals surface area contributed by atoms with Gasteiger partial charge in [-0.1, -0.05) is 37.2 Å². The van der Waals surface area contributed by atoms with Crippen LogP contribution in [-0.4, -0.2) is 33.6 Å². The van der Waals surface area contributed by atoms with Crippen LogP contribution >= 0.6 is 11.8 Å². The number of aryl methyl sites for hydroxylation is 1. The van der Waals surface area contributed by atoms with Crippen molar-refractivity contribution in [1.82, 2.24) is 9.97 Å². The predicted octanol–water partition coefficient (Wildman–Crippen LogP) is 2.58. The fourth-order valence-electron chi connectivity index (χ4n) is 3.10. The number of nitrogens with zero attached hydrogens (tertiary/aromatic N) is 2. The molecule has 0 spiro atoms. The Balaban J connectivity index is 1.79. The molecule has 2 heterocycles. The Bertz CT molecular complexity index is 912. The zero-order valence-corrected chi connectivity index (χ0v) is 16.1. The molecule has 0 fully saturated rings. The summed E-state index contributed by atoms with van der Waals surface area (Å²) >= 11 is 1.20. The van der Waals surface area contributed by atoms with Crippen LogP contribution < -0.4 is 15.8 Å². The van der Waals surface area contributed by atoms with Gasteiger partial charge in [0.1, 0.15) is 0 Å². The van der Waals surface area contributed by atoms with Crippen LogP contribution in [0.15, 0.2) is 40.3 Å². The van der Waals surface area contributed by atoms with Crippen LogP contribution in [0.4, 0.5) is 11.4 Å². The van der Waals surface area contributed by atoms with Crippen molar-refractivity contribution < 1.29 is 9.59 Å². The van der Waals surface area contributed by atoms with Crippen LogP contribution in [0, 0.1) is 0 Å². The Morgan fingerprint density at radius 2 is 2.11 bits per heavy atom. The van der Waals surface area contributed by atoms with Crippen molar-refractivity contribution in [2.45, 2.75) is 44.3 Å². The summed E-state index contributed by atoms with van der Waals surface area (Å²) in [7, 11) is 0. The van der Waals surface area contributed by atoms with E-state index in [4.69, 9.17) is 0 Å². The van der Waals surface area contributed by atoms with Crippen molar-refractivity contribution in [1.29, 1.82) is 0 Å². The number of rotatable bonds is 5. The molecule has 2 N–H and O–H groups in total. The third kappa shape index (κ3) is 4.57. The maximum atomic E-state index is 12.9. The average molecular weight is 386 g/mol. The summed E-state index contributed by atoms with van der Waals surface area (Å²) in [5.74, 6) is -0.137. The molecule has 0 unspecified atom stereocenters. The van der Waals surface area contributed by atoms with Gasteiger partial charge in [-0.15, -0.1) is 0 Å². The molecular weight excluding hydrogens is 364 g/mol. The maximum Gasteiger partial charge on any atom is 0.251 e. The molecule has 142 valence electrons. The normalized spacial score (nSPS) is 16.4. The fraction of sp³-hybridized carbons (Fsp3) is 0.368. The van der Waals surface area contributed by atoms with Gasteiger partial charge in [-0.25, -0.2) is 4.98 Å². The van der Waals surface area contributed by atoms with E-state index in [1.165, 1.54) is 17.8 Å². The number of H-pyrrole nitrogens is 1. The van der Waals surface area contributed by atoms with E-state index in [0.717, 1.165) is 18.5 Å². The summed E-state index contributed by atoms with van der Waals surface area (Å²) in [6.07, 6.45) is 1.84. The molecule has 8 heteroatoms. The smallest absolute Gasteiger partial charge is 0.251 e. The highest BCUT2D eigenvalue weighted by atomic mass is 32.2. The van der Waals surface area contributed by atoms with Crippen LogP contribution in [0.5, 0.6) is 0 Å². The molecule has 1 aliphatic rings. The van der Waals surface area contributed by atoms with Gasteiger partial charge in [0.05, 0.1) is 17.1 Å². The lowest BCUT2D eigenvalue weighted by Crippen LogP contribution is -2.40. The Hall–Kier alpha value is -2.61. The van der Waals surface area contributed by atoms with E-state index in [1.807, 2.05) is 32.0 Å². The minimum atomic E-state index is -0.264. The minimum absolute atomic E-state index is 0.115. The highest BCUT2D eigenvalue weighted by Gasteiger charge is 2.29. The molecule has 2 aromatic rings. The summed E-state index contributed by atoms with van der Waals surface area (Å²) < 4.78 is 0. The monoisotopic (exact) mass is 386 g/mol. The minimum Gasteiger partial charge on any atom is -0.324 e. The summed E-state index contributed by atoms with van der Waals surface area (Å²) in [5.41, 5.74) is 1.82.